The molecule has 2 radical (unpaired) electrons. The van der Waals surface area contributed by atoms with Crippen LogP contribution in [-0.4, -0.2) is 6.54 Å². The van der Waals surface area contributed by atoms with Crippen molar-refractivity contribution in [2.24, 2.45) is 5.92 Å². The predicted octanol–water partition coefficient (Wildman–Crippen LogP) is 1.15. The van der Waals surface area contributed by atoms with Crippen molar-refractivity contribution in [1.29, 1.82) is 0 Å². The van der Waals surface area contributed by atoms with Crippen LogP contribution in [0.3, 0.4) is 0 Å². The van der Waals surface area contributed by atoms with Gasteiger partial charge in [-0.05, 0) is 6.54 Å². The molecule has 0 fully saturated rings. The smallest absolute Gasteiger partial charge is 0 e. The van der Waals surface area contributed by atoms with E-state index in [4.69, 9.17) is 4.84 Å². The second kappa shape index (κ2) is 13.7. The first kappa shape index (κ1) is 18.0. The van der Waals surface area contributed by atoms with Gasteiger partial charge in [-0.1, -0.05) is 6.92 Å². The van der Waals surface area contributed by atoms with Crippen molar-refractivity contribution in [3.05, 3.63) is 13.5 Å². The van der Waals surface area contributed by atoms with Crippen LogP contribution in [0.2, 0.25) is 0 Å². The average molecular weight is 293 g/mol. The van der Waals surface area contributed by atoms with Crippen molar-refractivity contribution in [2.45, 2.75) is 13.8 Å². The fourth-order valence-electron chi connectivity index (χ4n) is 0.274. The van der Waals surface area contributed by atoms with Crippen molar-refractivity contribution < 1.29 is 70.3 Å². The van der Waals surface area contributed by atoms with Gasteiger partial charge >= 0.3 is 0 Å². The molecule has 0 heterocycles. The summed E-state index contributed by atoms with van der Waals surface area (Å²) in [7, 11) is 0. The Labute approximate surface area is 114 Å². The van der Waals surface area contributed by atoms with Crippen LogP contribution in [0.4, 0.5) is 0 Å². The largest absolute Gasteiger partial charge is 0.475 e. The van der Waals surface area contributed by atoms with E-state index in [1.54, 1.807) is 6.61 Å². The van der Waals surface area contributed by atoms with E-state index in [1.807, 2.05) is 13.8 Å². The Morgan fingerprint density at radius 3 is 2.40 bits per heavy atom. The number of hydrogen-bond acceptors (Lipinski definition) is 2. The number of rotatable bonds is 4. The molecule has 1 atom stereocenters. The second-order valence-corrected chi connectivity index (χ2v) is 1.81. The van der Waals surface area contributed by atoms with Crippen molar-refractivity contribution in [1.82, 2.24) is 5.48 Å². The van der Waals surface area contributed by atoms with Crippen LogP contribution < -0.4 is 5.48 Å². The molecule has 4 heteroatoms. The van der Waals surface area contributed by atoms with Gasteiger partial charge in [-0.25, -0.2) is 5.48 Å². The first-order chi connectivity index (χ1) is 3.77. The molecule has 1 N–H and O–H groups in total. The number of hydrogen-bond donors (Lipinski definition) is 1. The van der Waals surface area contributed by atoms with Crippen LogP contribution in [0.5, 0.6) is 0 Å². The molecule has 0 aliphatic rings. The van der Waals surface area contributed by atoms with Gasteiger partial charge in [0.05, 0.1) is 0 Å². The third kappa shape index (κ3) is 16.6. The van der Waals surface area contributed by atoms with Crippen LogP contribution in [0, 0.1) is 19.4 Å². The third-order valence-corrected chi connectivity index (χ3v) is 0.633. The van der Waals surface area contributed by atoms with Gasteiger partial charge in [0.1, 0.15) is 0 Å². The Morgan fingerprint density at radius 1 is 1.60 bits per heavy atom. The van der Waals surface area contributed by atoms with Gasteiger partial charge in [0.15, 0.2) is 0 Å². The Balaban J connectivity index is -0.000000245. The molecule has 0 aromatic heterocycles. The van der Waals surface area contributed by atoms with Gasteiger partial charge in [0.25, 0.3) is 0 Å². The fraction of sp³-hybridized carbons (Fsp3) is 0.667. The Morgan fingerprint density at radius 2 is 2.10 bits per heavy atom. The summed E-state index contributed by atoms with van der Waals surface area (Å²) in [6, 6.07) is 0. The standard InChI is InChI=1S/C6H13NO.2Y/c1-4-8-7-5-6(2)3;;/h4,6-7H,2,5H2,1,3H3;;/q-2;;/t6-;;/m1../s1. The molecule has 0 rings (SSSR count). The molecule has 2 nitrogen and oxygen atoms in total. The average Bonchev–Trinajstić information content (AvgIpc) is 1.66. The Kier molecular flexibility index (Phi) is 24.7. The maximum Gasteiger partial charge on any atom is 0 e. The van der Waals surface area contributed by atoms with E-state index in [1.165, 1.54) is 0 Å². The zero-order chi connectivity index (χ0) is 6.41. The quantitative estimate of drug-likeness (QED) is 0.477. The van der Waals surface area contributed by atoms with E-state index in [2.05, 4.69) is 12.4 Å². The predicted molar refractivity (Wildman–Crippen MR) is 33.6 cm³/mol. The first-order valence-electron chi connectivity index (χ1n) is 2.76. The summed E-state index contributed by atoms with van der Waals surface area (Å²) in [5, 5.41) is 0. The van der Waals surface area contributed by atoms with Gasteiger partial charge < -0.3 is 11.8 Å². The van der Waals surface area contributed by atoms with E-state index in [-0.39, 0.29) is 65.4 Å². The topological polar surface area (TPSA) is 21.3 Å². The van der Waals surface area contributed by atoms with E-state index < -0.39 is 0 Å². The SMILES string of the molecule is [CH2-][C@H](C)CNO[CH-]C.[Y].[Y]. The maximum atomic E-state index is 4.73. The summed E-state index contributed by atoms with van der Waals surface area (Å²) in [4.78, 5) is 4.73. The second-order valence-electron chi connectivity index (χ2n) is 1.81. The van der Waals surface area contributed by atoms with Crippen LogP contribution >= 0.6 is 0 Å². The minimum atomic E-state index is 0. The number of hydroxylamine groups is 1. The Bertz CT molecular complexity index is 53.0. The van der Waals surface area contributed by atoms with Gasteiger partial charge in [0.2, 0.25) is 0 Å². The molecule has 0 unspecified atom stereocenters. The summed E-state index contributed by atoms with van der Waals surface area (Å²) >= 11 is 0. The molecule has 10 heavy (non-hydrogen) atoms. The molecular formula is C6H13NOY2-2. The molecule has 0 saturated carbocycles. The molecule has 0 amide bonds. The van der Waals surface area contributed by atoms with Crippen molar-refractivity contribution in [2.75, 3.05) is 6.54 Å². The molecule has 56 valence electrons. The molecule has 0 aromatic carbocycles. The summed E-state index contributed by atoms with van der Waals surface area (Å²) < 4.78 is 0. The van der Waals surface area contributed by atoms with Crippen LogP contribution in [-0.2, 0) is 70.3 Å². The maximum absolute atomic E-state index is 4.73. The summed E-state index contributed by atoms with van der Waals surface area (Å²) in [5.74, 6) is 0.398. The summed E-state index contributed by atoms with van der Waals surface area (Å²) in [5.41, 5.74) is 2.72. The zero-order valence-electron chi connectivity index (χ0n) is 6.63. The van der Waals surface area contributed by atoms with Crippen molar-refractivity contribution in [3.63, 3.8) is 0 Å². The zero-order valence-corrected chi connectivity index (χ0v) is 12.3. The van der Waals surface area contributed by atoms with Gasteiger partial charge in [-0.2, -0.15) is 19.4 Å². The molecule has 0 bridgehead atoms. The fourth-order valence-corrected chi connectivity index (χ4v) is 0.274. The molecule has 0 aromatic rings. The van der Waals surface area contributed by atoms with Gasteiger partial charge in [0, 0.05) is 65.4 Å². The van der Waals surface area contributed by atoms with E-state index in [0.29, 0.717) is 5.92 Å². The normalized spacial score (nSPS) is 11.1. The summed E-state index contributed by atoms with van der Waals surface area (Å²) in [6.07, 6.45) is 0. The third-order valence-electron chi connectivity index (χ3n) is 0.633. The van der Waals surface area contributed by atoms with Gasteiger partial charge in [-0.3, -0.25) is 0 Å². The van der Waals surface area contributed by atoms with E-state index in [0.717, 1.165) is 6.54 Å². The molecule has 0 aliphatic heterocycles. The molecular weight excluding hydrogens is 280 g/mol. The molecule has 0 saturated heterocycles. The van der Waals surface area contributed by atoms with Crippen LogP contribution in [0.1, 0.15) is 13.8 Å². The first-order valence-corrected chi connectivity index (χ1v) is 2.76. The van der Waals surface area contributed by atoms with Crippen molar-refractivity contribution in [3.8, 4) is 0 Å². The van der Waals surface area contributed by atoms with Crippen LogP contribution in [0.15, 0.2) is 0 Å². The van der Waals surface area contributed by atoms with Crippen molar-refractivity contribution >= 4 is 0 Å². The number of nitrogens with one attached hydrogen (secondary N) is 1. The van der Waals surface area contributed by atoms with E-state index >= 15 is 0 Å². The Hall–Kier alpha value is 2.13. The monoisotopic (exact) mass is 293 g/mol. The van der Waals surface area contributed by atoms with E-state index in [9.17, 15) is 0 Å². The van der Waals surface area contributed by atoms with Crippen LogP contribution in [0.25, 0.3) is 0 Å². The van der Waals surface area contributed by atoms with Gasteiger partial charge in [-0.15, -0.1) is 0 Å². The molecule has 0 spiro atoms. The molecule has 0 aliphatic carbocycles. The minimum Gasteiger partial charge on any atom is -0.475 e. The summed E-state index contributed by atoms with van der Waals surface area (Å²) in [6.45, 7) is 9.99. The minimum absolute atomic E-state index is 0.